The lowest BCUT2D eigenvalue weighted by Gasteiger charge is -2.36. The van der Waals surface area contributed by atoms with Gasteiger partial charge in [0.25, 0.3) is 5.91 Å². The second-order valence-electron chi connectivity index (χ2n) is 7.58. The average Bonchev–Trinajstić information content (AvgIpc) is 3.07. The van der Waals surface area contributed by atoms with E-state index in [0.717, 1.165) is 52.2 Å². The summed E-state index contributed by atoms with van der Waals surface area (Å²) >= 11 is 6.12. The molecular formula is C24H26ClN3O2. The maximum atomic E-state index is 13.3. The molecule has 3 aromatic rings. The van der Waals surface area contributed by atoms with Crippen LogP contribution in [0.15, 0.2) is 54.6 Å². The molecule has 0 bridgehead atoms. The van der Waals surface area contributed by atoms with E-state index in [9.17, 15) is 4.79 Å². The van der Waals surface area contributed by atoms with Gasteiger partial charge in [-0.3, -0.25) is 4.79 Å². The first-order valence-corrected chi connectivity index (χ1v) is 10.5. The molecular weight excluding hydrogens is 398 g/mol. The van der Waals surface area contributed by atoms with Crippen LogP contribution in [-0.2, 0) is 0 Å². The van der Waals surface area contributed by atoms with E-state index in [1.165, 1.54) is 0 Å². The third-order valence-electron chi connectivity index (χ3n) is 5.73. The van der Waals surface area contributed by atoms with Gasteiger partial charge in [0.2, 0.25) is 0 Å². The molecule has 0 aliphatic carbocycles. The molecule has 2 heterocycles. The fourth-order valence-electron chi connectivity index (χ4n) is 4.12. The zero-order chi connectivity index (χ0) is 21.3. The number of methoxy groups -OCH3 is 1. The fourth-order valence-corrected chi connectivity index (χ4v) is 4.30. The number of aromatic nitrogens is 1. The number of aryl methyl sites for hydroxylation is 1. The highest BCUT2D eigenvalue weighted by atomic mass is 35.5. The number of amides is 1. The zero-order valence-electron chi connectivity index (χ0n) is 17.6. The van der Waals surface area contributed by atoms with Crippen LogP contribution < -0.4 is 9.64 Å². The van der Waals surface area contributed by atoms with Crippen LogP contribution in [0.5, 0.6) is 5.75 Å². The van der Waals surface area contributed by atoms with Crippen LogP contribution >= 0.6 is 11.6 Å². The Kier molecular flexibility index (Phi) is 5.73. The van der Waals surface area contributed by atoms with Crippen LogP contribution in [0.2, 0.25) is 5.02 Å². The predicted octanol–water partition coefficient (Wildman–Crippen LogP) is 4.72. The number of carbonyl (C=O) groups is 1. The van der Waals surface area contributed by atoms with E-state index in [1.807, 2.05) is 67.3 Å². The van der Waals surface area contributed by atoms with Crippen molar-refractivity contribution in [3.8, 4) is 11.4 Å². The van der Waals surface area contributed by atoms with Crippen LogP contribution in [0.25, 0.3) is 5.69 Å². The average molecular weight is 424 g/mol. The minimum atomic E-state index is 0.0913. The van der Waals surface area contributed by atoms with Crippen molar-refractivity contribution in [2.75, 3.05) is 38.2 Å². The Morgan fingerprint density at radius 2 is 1.63 bits per heavy atom. The van der Waals surface area contributed by atoms with Crippen LogP contribution in [0.1, 0.15) is 21.7 Å². The Labute approximate surface area is 182 Å². The summed E-state index contributed by atoms with van der Waals surface area (Å²) < 4.78 is 7.37. The third-order valence-corrected chi connectivity index (χ3v) is 5.97. The highest BCUT2D eigenvalue weighted by Crippen LogP contribution is 2.25. The molecule has 156 valence electrons. The first-order valence-electron chi connectivity index (χ1n) is 10.1. The number of hydrogen-bond donors (Lipinski definition) is 0. The molecule has 1 aliphatic heterocycles. The number of piperazine rings is 1. The largest absolute Gasteiger partial charge is 0.497 e. The SMILES string of the molecule is COc1ccc(-n2c(C)cc(C(=O)N3CCN(c4cccc(Cl)c4)CC3)c2C)cc1. The van der Waals surface area contributed by atoms with Crippen LogP contribution in [0, 0.1) is 13.8 Å². The van der Waals surface area contributed by atoms with Gasteiger partial charge in [-0.25, -0.2) is 0 Å². The Morgan fingerprint density at radius 3 is 2.27 bits per heavy atom. The quantitative estimate of drug-likeness (QED) is 0.609. The van der Waals surface area contributed by atoms with Gasteiger partial charge in [0.05, 0.1) is 12.7 Å². The molecule has 30 heavy (non-hydrogen) atoms. The molecule has 1 aromatic heterocycles. The number of halogens is 1. The summed E-state index contributed by atoms with van der Waals surface area (Å²) in [5.74, 6) is 0.906. The number of hydrogen-bond acceptors (Lipinski definition) is 3. The number of benzene rings is 2. The Hall–Kier alpha value is -2.92. The van der Waals surface area contributed by atoms with Gasteiger partial charge in [0.1, 0.15) is 5.75 Å². The molecule has 0 spiro atoms. The molecule has 0 N–H and O–H groups in total. The van der Waals surface area contributed by atoms with E-state index in [-0.39, 0.29) is 5.91 Å². The normalized spacial score (nSPS) is 14.1. The minimum Gasteiger partial charge on any atom is -0.497 e. The van der Waals surface area contributed by atoms with Gasteiger partial charge < -0.3 is 19.1 Å². The summed E-state index contributed by atoms with van der Waals surface area (Å²) in [5, 5.41) is 0.733. The molecule has 2 aromatic carbocycles. The van der Waals surface area contributed by atoms with Crippen molar-refractivity contribution in [2.45, 2.75) is 13.8 Å². The van der Waals surface area contributed by atoms with E-state index in [0.29, 0.717) is 13.1 Å². The molecule has 0 radical (unpaired) electrons. The van der Waals surface area contributed by atoms with Crippen LogP contribution in [-0.4, -0.2) is 48.7 Å². The fraction of sp³-hybridized carbons (Fsp3) is 0.292. The molecule has 0 atom stereocenters. The molecule has 0 unspecified atom stereocenters. The summed E-state index contributed by atoms with van der Waals surface area (Å²) in [7, 11) is 1.66. The van der Waals surface area contributed by atoms with Gasteiger partial charge in [-0.15, -0.1) is 0 Å². The number of rotatable bonds is 4. The summed E-state index contributed by atoms with van der Waals surface area (Å²) in [6.45, 7) is 7.01. The van der Waals surface area contributed by atoms with Crippen molar-refractivity contribution >= 4 is 23.2 Å². The van der Waals surface area contributed by atoms with Crippen molar-refractivity contribution in [3.63, 3.8) is 0 Å². The Morgan fingerprint density at radius 1 is 0.933 bits per heavy atom. The minimum absolute atomic E-state index is 0.0913. The second kappa shape index (κ2) is 8.44. The molecule has 1 saturated heterocycles. The number of carbonyl (C=O) groups excluding carboxylic acids is 1. The smallest absolute Gasteiger partial charge is 0.255 e. The molecule has 4 rings (SSSR count). The molecule has 1 fully saturated rings. The van der Waals surface area contributed by atoms with E-state index in [1.54, 1.807) is 7.11 Å². The van der Waals surface area contributed by atoms with Gasteiger partial charge in [0, 0.05) is 54.0 Å². The van der Waals surface area contributed by atoms with Gasteiger partial charge in [0.15, 0.2) is 0 Å². The first-order chi connectivity index (χ1) is 14.5. The lowest BCUT2D eigenvalue weighted by atomic mass is 10.2. The standard InChI is InChI=1S/C24H26ClN3O2/c1-17-15-23(18(2)28(17)20-7-9-22(30-3)10-8-20)24(29)27-13-11-26(12-14-27)21-6-4-5-19(25)16-21/h4-10,15-16H,11-14H2,1-3H3. The first kappa shape index (κ1) is 20.4. The summed E-state index contributed by atoms with van der Waals surface area (Å²) in [6, 6.07) is 17.8. The van der Waals surface area contributed by atoms with Gasteiger partial charge in [-0.2, -0.15) is 0 Å². The summed E-state index contributed by atoms with van der Waals surface area (Å²) in [4.78, 5) is 17.5. The van der Waals surface area contributed by atoms with Crippen molar-refractivity contribution in [3.05, 3.63) is 76.6 Å². The van der Waals surface area contributed by atoms with Crippen molar-refractivity contribution in [1.82, 2.24) is 9.47 Å². The molecule has 6 heteroatoms. The number of nitrogens with zero attached hydrogens (tertiary/aromatic N) is 3. The molecule has 1 aliphatic rings. The van der Waals surface area contributed by atoms with Crippen LogP contribution in [0.3, 0.4) is 0 Å². The van der Waals surface area contributed by atoms with E-state index < -0.39 is 0 Å². The van der Waals surface area contributed by atoms with Gasteiger partial charge in [-0.1, -0.05) is 17.7 Å². The summed E-state index contributed by atoms with van der Waals surface area (Å²) in [6.07, 6.45) is 0. The van der Waals surface area contributed by atoms with Crippen LogP contribution in [0.4, 0.5) is 5.69 Å². The Balaban J connectivity index is 1.50. The molecule has 1 amide bonds. The number of anilines is 1. The Bertz CT molecular complexity index is 1050. The molecule has 0 saturated carbocycles. The van der Waals surface area contributed by atoms with Crippen molar-refractivity contribution in [1.29, 1.82) is 0 Å². The maximum absolute atomic E-state index is 13.3. The zero-order valence-corrected chi connectivity index (χ0v) is 18.3. The topological polar surface area (TPSA) is 37.7 Å². The molecule has 5 nitrogen and oxygen atoms in total. The lowest BCUT2D eigenvalue weighted by molar-refractivity contribution is 0.0746. The predicted molar refractivity (Wildman–Crippen MR) is 121 cm³/mol. The number of ether oxygens (including phenoxy) is 1. The van der Waals surface area contributed by atoms with Gasteiger partial charge >= 0.3 is 0 Å². The van der Waals surface area contributed by atoms with E-state index >= 15 is 0 Å². The maximum Gasteiger partial charge on any atom is 0.255 e. The lowest BCUT2D eigenvalue weighted by Crippen LogP contribution is -2.48. The third kappa shape index (κ3) is 3.90. The van der Waals surface area contributed by atoms with Crippen molar-refractivity contribution in [2.24, 2.45) is 0 Å². The second-order valence-corrected chi connectivity index (χ2v) is 8.01. The monoisotopic (exact) mass is 423 g/mol. The summed E-state index contributed by atoms with van der Waals surface area (Å²) in [5.41, 5.74) is 4.89. The highest BCUT2D eigenvalue weighted by molar-refractivity contribution is 6.30. The van der Waals surface area contributed by atoms with Crippen molar-refractivity contribution < 1.29 is 9.53 Å². The highest BCUT2D eigenvalue weighted by Gasteiger charge is 2.25. The van der Waals surface area contributed by atoms with E-state index in [4.69, 9.17) is 16.3 Å². The van der Waals surface area contributed by atoms with E-state index in [2.05, 4.69) is 15.5 Å². The van der Waals surface area contributed by atoms with Gasteiger partial charge in [-0.05, 0) is 62.4 Å².